The molecular formula is C23H27N5OS3. The van der Waals surface area contributed by atoms with Crippen LogP contribution in [0.15, 0.2) is 16.6 Å². The second-order valence-electron chi connectivity index (χ2n) is 8.14. The Balaban J connectivity index is 1.47. The van der Waals surface area contributed by atoms with E-state index in [1.165, 1.54) is 27.9 Å². The van der Waals surface area contributed by atoms with E-state index in [0.717, 1.165) is 54.2 Å². The zero-order valence-electron chi connectivity index (χ0n) is 18.6. The molecule has 1 N–H and O–H groups in total. The molecule has 0 fully saturated rings. The Morgan fingerprint density at radius 1 is 1.31 bits per heavy atom. The van der Waals surface area contributed by atoms with Crippen LogP contribution in [-0.4, -0.2) is 26.4 Å². The van der Waals surface area contributed by atoms with Gasteiger partial charge in [-0.2, -0.15) is 5.26 Å². The second kappa shape index (κ2) is 10.2. The van der Waals surface area contributed by atoms with E-state index in [4.69, 9.17) is 0 Å². The van der Waals surface area contributed by atoms with E-state index in [9.17, 15) is 10.1 Å². The highest BCUT2D eigenvalue weighted by Crippen LogP contribution is 2.37. The topological polar surface area (TPSA) is 83.6 Å². The maximum atomic E-state index is 12.7. The summed E-state index contributed by atoms with van der Waals surface area (Å²) in [6.07, 6.45) is 6.40. The van der Waals surface area contributed by atoms with Crippen molar-refractivity contribution >= 4 is 45.3 Å². The zero-order chi connectivity index (χ0) is 22.7. The maximum Gasteiger partial charge on any atom is 0.235 e. The van der Waals surface area contributed by atoms with Crippen LogP contribution in [0.2, 0.25) is 0 Å². The van der Waals surface area contributed by atoms with Gasteiger partial charge in [-0.15, -0.1) is 32.9 Å². The predicted octanol–water partition coefficient (Wildman–Crippen LogP) is 6.08. The number of hydrogen-bond donors (Lipinski definition) is 1. The molecule has 0 radical (unpaired) electrons. The third kappa shape index (κ3) is 4.77. The van der Waals surface area contributed by atoms with Crippen molar-refractivity contribution in [2.45, 2.75) is 70.5 Å². The fourth-order valence-electron chi connectivity index (χ4n) is 3.96. The Labute approximate surface area is 201 Å². The van der Waals surface area contributed by atoms with Gasteiger partial charge in [0.05, 0.1) is 11.3 Å². The number of aryl methyl sites for hydroxylation is 2. The fourth-order valence-corrected chi connectivity index (χ4v) is 6.90. The first kappa shape index (κ1) is 23.0. The van der Waals surface area contributed by atoms with E-state index < -0.39 is 0 Å². The van der Waals surface area contributed by atoms with Crippen molar-refractivity contribution in [3.63, 3.8) is 0 Å². The quantitative estimate of drug-likeness (QED) is 0.324. The number of hydrogen-bond acceptors (Lipinski definition) is 7. The number of nitrogens with one attached hydrogen (secondary N) is 1. The summed E-state index contributed by atoms with van der Waals surface area (Å²) >= 11 is 4.69. The smallest absolute Gasteiger partial charge is 0.235 e. The van der Waals surface area contributed by atoms with Crippen molar-refractivity contribution in [2.75, 3.05) is 11.1 Å². The predicted molar refractivity (Wildman–Crippen MR) is 133 cm³/mol. The van der Waals surface area contributed by atoms with E-state index in [0.29, 0.717) is 10.6 Å². The summed E-state index contributed by atoms with van der Waals surface area (Å²) in [5.74, 6) is 0.946. The molecule has 1 amide bonds. The standard InChI is InChI=1S/C23H27N5OS3/c1-4-16-10-15(12-30-16)21-26-27-23(28(21)14(2)3)31-13-20(29)25-22-18(11-24)17-8-6-5-7-9-19(17)32-22/h10,12,14H,4-9,13H2,1-3H3,(H,25,29). The van der Waals surface area contributed by atoms with Gasteiger partial charge in [-0.3, -0.25) is 9.36 Å². The number of thioether (sulfide) groups is 1. The van der Waals surface area contributed by atoms with Crippen LogP contribution in [0.25, 0.3) is 11.4 Å². The Morgan fingerprint density at radius 2 is 2.12 bits per heavy atom. The number of nitriles is 1. The lowest BCUT2D eigenvalue weighted by Crippen LogP contribution is -2.15. The van der Waals surface area contributed by atoms with Crippen LogP contribution < -0.4 is 5.32 Å². The Kier molecular flexibility index (Phi) is 7.33. The van der Waals surface area contributed by atoms with Gasteiger partial charge < -0.3 is 5.32 Å². The molecule has 6 nitrogen and oxygen atoms in total. The number of thiophene rings is 2. The van der Waals surface area contributed by atoms with Crippen molar-refractivity contribution in [1.82, 2.24) is 14.8 Å². The fraction of sp³-hybridized carbons (Fsp3) is 0.478. The van der Waals surface area contributed by atoms with Crippen LogP contribution in [0.1, 0.15) is 67.0 Å². The highest BCUT2D eigenvalue weighted by Gasteiger charge is 2.22. The molecular weight excluding hydrogens is 458 g/mol. The van der Waals surface area contributed by atoms with E-state index >= 15 is 0 Å². The number of rotatable bonds is 7. The minimum atomic E-state index is -0.119. The third-order valence-electron chi connectivity index (χ3n) is 5.56. The molecule has 0 spiro atoms. The SMILES string of the molecule is CCc1cc(-c2nnc(SCC(=O)Nc3sc4c(c3C#N)CCCCC4)n2C(C)C)cs1. The van der Waals surface area contributed by atoms with Gasteiger partial charge in [0.25, 0.3) is 0 Å². The molecule has 168 valence electrons. The first-order valence-corrected chi connectivity index (χ1v) is 13.7. The van der Waals surface area contributed by atoms with Crippen LogP contribution >= 0.6 is 34.4 Å². The summed E-state index contributed by atoms with van der Waals surface area (Å²) in [5, 5.41) is 25.0. The first-order valence-electron chi connectivity index (χ1n) is 11.0. The van der Waals surface area contributed by atoms with Crippen LogP contribution in [-0.2, 0) is 24.1 Å². The zero-order valence-corrected chi connectivity index (χ0v) is 21.1. The Hall–Kier alpha value is -2.15. The molecule has 0 aromatic carbocycles. The van der Waals surface area contributed by atoms with Crippen LogP contribution in [0.4, 0.5) is 5.00 Å². The lowest BCUT2D eigenvalue weighted by molar-refractivity contribution is -0.113. The summed E-state index contributed by atoms with van der Waals surface area (Å²) in [4.78, 5) is 15.3. The average molecular weight is 486 g/mol. The average Bonchev–Trinajstić information content (AvgIpc) is 3.45. The molecule has 0 unspecified atom stereocenters. The lowest BCUT2D eigenvalue weighted by Gasteiger charge is -2.13. The number of carbonyl (C=O) groups is 1. The van der Waals surface area contributed by atoms with Crippen molar-refractivity contribution in [3.8, 4) is 17.5 Å². The molecule has 3 heterocycles. The van der Waals surface area contributed by atoms with E-state index in [1.807, 2.05) is 0 Å². The Bertz CT molecular complexity index is 1150. The minimum Gasteiger partial charge on any atom is -0.316 e. The molecule has 3 aromatic heterocycles. The van der Waals surface area contributed by atoms with Gasteiger partial charge in [0.15, 0.2) is 11.0 Å². The summed E-state index contributed by atoms with van der Waals surface area (Å²) in [6, 6.07) is 4.67. The molecule has 0 saturated heterocycles. The highest BCUT2D eigenvalue weighted by atomic mass is 32.2. The summed E-state index contributed by atoms with van der Waals surface area (Å²) in [5.41, 5.74) is 2.87. The molecule has 0 atom stereocenters. The van der Waals surface area contributed by atoms with Gasteiger partial charge in [-0.05, 0) is 57.6 Å². The van der Waals surface area contributed by atoms with E-state index in [2.05, 4.69) is 58.4 Å². The highest BCUT2D eigenvalue weighted by molar-refractivity contribution is 7.99. The molecule has 9 heteroatoms. The van der Waals surface area contributed by atoms with Crippen molar-refractivity contribution < 1.29 is 4.79 Å². The van der Waals surface area contributed by atoms with Crippen molar-refractivity contribution in [2.24, 2.45) is 0 Å². The Morgan fingerprint density at radius 3 is 2.84 bits per heavy atom. The summed E-state index contributed by atoms with van der Waals surface area (Å²) < 4.78 is 2.09. The van der Waals surface area contributed by atoms with Crippen LogP contribution in [0.3, 0.4) is 0 Å². The lowest BCUT2D eigenvalue weighted by atomic mass is 10.1. The molecule has 0 saturated carbocycles. The van der Waals surface area contributed by atoms with Crippen LogP contribution in [0.5, 0.6) is 0 Å². The van der Waals surface area contributed by atoms with E-state index in [1.54, 1.807) is 22.7 Å². The number of anilines is 1. The second-order valence-corrected chi connectivity index (χ2v) is 11.2. The summed E-state index contributed by atoms with van der Waals surface area (Å²) in [7, 11) is 0. The molecule has 4 rings (SSSR count). The van der Waals surface area contributed by atoms with Gasteiger partial charge in [0.1, 0.15) is 11.1 Å². The number of carbonyl (C=O) groups excluding carboxylic acids is 1. The summed E-state index contributed by atoms with van der Waals surface area (Å²) in [6.45, 7) is 6.34. The van der Waals surface area contributed by atoms with Gasteiger partial charge >= 0.3 is 0 Å². The molecule has 1 aliphatic carbocycles. The van der Waals surface area contributed by atoms with Gasteiger partial charge in [-0.25, -0.2) is 0 Å². The van der Waals surface area contributed by atoms with Gasteiger partial charge in [0.2, 0.25) is 5.91 Å². The first-order chi connectivity index (χ1) is 15.5. The number of aromatic nitrogens is 3. The molecule has 0 aliphatic heterocycles. The molecule has 32 heavy (non-hydrogen) atoms. The van der Waals surface area contributed by atoms with Crippen LogP contribution in [0, 0.1) is 11.3 Å². The van der Waals surface area contributed by atoms with Gasteiger partial charge in [-0.1, -0.05) is 25.1 Å². The monoisotopic (exact) mass is 485 g/mol. The number of amides is 1. The molecule has 1 aliphatic rings. The maximum absolute atomic E-state index is 12.7. The molecule has 3 aromatic rings. The van der Waals surface area contributed by atoms with Crippen molar-refractivity contribution in [1.29, 1.82) is 5.26 Å². The third-order valence-corrected chi connectivity index (χ3v) is 8.79. The normalized spacial score (nSPS) is 13.6. The number of fused-ring (bicyclic) bond motifs is 1. The van der Waals surface area contributed by atoms with Crippen molar-refractivity contribution in [3.05, 3.63) is 32.3 Å². The van der Waals surface area contributed by atoms with Gasteiger partial charge in [0, 0.05) is 26.7 Å². The largest absolute Gasteiger partial charge is 0.316 e. The minimum absolute atomic E-state index is 0.119. The molecule has 0 bridgehead atoms. The number of nitrogens with zero attached hydrogens (tertiary/aromatic N) is 4. The van der Waals surface area contributed by atoms with E-state index in [-0.39, 0.29) is 17.7 Å².